The van der Waals surface area contributed by atoms with Crippen LogP contribution in [0.4, 0.5) is 0 Å². The van der Waals surface area contributed by atoms with Crippen LogP contribution in [0.1, 0.15) is 29.0 Å². The minimum Gasteiger partial charge on any atom is -0.497 e. The number of rotatable bonds is 8. The lowest BCUT2D eigenvalue weighted by molar-refractivity contribution is -0.135. The Labute approximate surface area is 236 Å². The third-order valence-corrected chi connectivity index (χ3v) is 7.37. The first-order valence-electron chi connectivity index (χ1n) is 13.3. The second-order valence-electron chi connectivity index (χ2n) is 9.75. The predicted octanol–water partition coefficient (Wildman–Crippen LogP) is 6.54. The van der Waals surface area contributed by atoms with Crippen LogP contribution in [0.5, 0.6) is 23.0 Å². The highest BCUT2D eigenvalue weighted by atomic mass is 16.5. The molecule has 206 valence electrons. The van der Waals surface area contributed by atoms with Gasteiger partial charge in [-0.15, -0.1) is 0 Å². The highest BCUT2D eigenvalue weighted by Crippen LogP contribution is 2.47. The standard InChI is InChI=1S/C34H28O7/c1-37-23-13-11-21(12-14-23)17-18-39-33-24(9-6-10-29(33)38-2)26-19-30(35)41-28-16-15-25-32(36)27(20-40-34(25)31(26)28)22-7-4-3-5-8-22/h3-16,20,26H,17-19H2,1-2H3. The lowest BCUT2D eigenvalue weighted by Gasteiger charge is -2.27. The van der Waals surface area contributed by atoms with Gasteiger partial charge in [-0.25, -0.2) is 0 Å². The molecule has 6 rings (SSSR count). The molecule has 41 heavy (non-hydrogen) atoms. The molecule has 2 heterocycles. The van der Waals surface area contributed by atoms with E-state index >= 15 is 0 Å². The summed E-state index contributed by atoms with van der Waals surface area (Å²) in [5.74, 6) is 1.38. The van der Waals surface area contributed by atoms with Crippen molar-refractivity contribution < 1.29 is 28.2 Å². The number of carbonyl (C=O) groups excluding carboxylic acids is 1. The van der Waals surface area contributed by atoms with Crippen LogP contribution in [0, 0.1) is 0 Å². The third kappa shape index (κ3) is 5.02. The minimum atomic E-state index is -0.480. The van der Waals surface area contributed by atoms with Gasteiger partial charge < -0.3 is 23.4 Å². The molecule has 0 spiro atoms. The summed E-state index contributed by atoms with van der Waals surface area (Å²) >= 11 is 0. The molecule has 0 radical (unpaired) electrons. The van der Waals surface area contributed by atoms with Crippen molar-refractivity contribution in [2.24, 2.45) is 0 Å². The quantitative estimate of drug-likeness (QED) is 0.161. The van der Waals surface area contributed by atoms with Crippen molar-refractivity contribution in [1.82, 2.24) is 0 Å². The number of benzene rings is 4. The molecule has 1 unspecified atom stereocenters. The number of fused-ring (bicyclic) bond motifs is 3. The molecule has 5 aromatic rings. The van der Waals surface area contributed by atoms with Gasteiger partial charge in [0, 0.05) is 23.5 Å². The topological polar surface area (TPSA) is 84.2 Å². The van der Waals surface area contributed by atoms with Gasteiger partial charge in [-0.05, 0) is 41.5 Å². The van der Waals surface area contributed by atoms with Crippen molar-refractivity contribution in [1.29, 1.82) is 0 Å². The second-order valence-corrected chi connectivity index (χ2v) is 9.75. The van der Waals surface area contributed by atoms with Gasteiger partial charge >= 0.3 is 5.97 Å². The molecule has 4 aromatic carbocycles. The van der Waals surface area contributed by atoms with Crippen molar-refractivity contribution in [3.63, 3.8) is 0 Å². The predicted molar refractivity (Wildman–Crippen MR) is 155 cm³/mol. The zero-order valence-electron chi connectivity index (χ0n) is 22.7. The molecular formula is C34H28O7. The van der Waals surface area contributed by atoms with Gasteiger partial charge in [0.15, 0.2) is 11.5 Å². The summed E-state index contributed by atoms with van der Waals surface area (Å²) in [5.41, 5.74) is 3.94. The van der Waals surface area contributed by atoms with Crippen LogP contribution in [0.25, 0.3) is 22.1 Å². The zero-order chi connectivity index (χ0) is 28.3. The van der Waals surface area contributed by atoms with Crippen LogP contribution in [-0.2, 0) is 11.2 Å². The Bertz CT molecular complexity index is 1770. The van der Waals surface area contributed by atoms with Crippen LogP contribution in [0.2, 0.25) is 0 Å². The Morgan fingerprint density at radius 2 is 1.66 bits per heavy atom. The van der Waals surface area contributed by atoms with Crippen molar-refractivity contribution in [2.45, 2.75) is 18.8 Å². The van der Waals surface area contributed by atoms with E-state index < -0.39 is 5.92 Å². The first kappa shape index (κ1) is 26.2. The van der Waals surface area contributed by atoms with Crippen molar-refractivity contribution in [2.75, 3.05) is 20.8 Å². The second kappa shape index (κ2) is 11.2. The molecule has 0 saturated heterocycles. The van der Waals surface area contributed by atoms with Gasteiger partial charge in [-0.1, -0.05) is 54.6 Å². The summed E-state index contributed by atoms with van der Waals surface area (Å²) in [6.45, 7) is 0.384. The summed E-state index contributed by atoms with van der Waals surface area (Å²) in [7, 11) is 3.22. The smallest absolute Gasteiger partial charge is 0.312 e. The monoisotopic (exact) mass is 548 g/mol. The highest BCUT2D eigenvalue weighted by Gasteiger charge is 2.34. The molecular weight excluding hydrogens is 520 g/mol. The van der Waals surface area contributed by atoms with E-state index in [1.807, 2.05) is 72.8 Å². The molecule has 1 atom stereocenters. The lowest BCUT2D eigenvalue weighted by atomic mass is 9.84. The average Bonchev–Trinajstić information content (AvgIpc) is 3.01. The first-order valence-corrected chi connectivity index (χ1v) is 13.3. The Balaban J connectivity index is 1.41. The SMILES string of the molecule is COc1ccc(CCOc2c(OC)cccc2C2CC(=O)Oc3ccc4c(=O)c(-c5ccccc5)coc4c32)cc1. The summed E-state index contributed by atoms with van der Waals surface area (Å²) in [6.07, 6.45) is 2.19. The Kier molecular flexibility index (Phi) is 7.17. The first-order chi connectivity index (χ1) is 20.1. The summed E-state index contributed by atoms with van der Waals surface area (Å²) in [4.78, 5) is 26.4. The van der Waals surface area contributed by atoms with E-state index in [0.29, 0.717) is 52.4 Å². The molecule has 0 amide bonds. The molecule has 1 aliphatic heterocycles. The van der Waals surface area contributed by atoms with Gasteiger partial charge in [0.2, 0.25) is 5.43 Å². The summed E-state index contributed by atoms with van der Waals surface area (Å²) in [6, 6.07) is 26.1. The number of methoxy groups -OCH3 is 2. The van der Waals surface area contributed by atoms with E-state index in [1.165, 1.54) is 6.26 Å². The fraction of sp³-hybridized carbons (Fsp3) is 0.176. The number of para-hydroxylation sites is 1. The van der Waals surface area contributed by atoms with Crippen LogP contribution in [0.15, 0.2) is 100 Å². The molecule has 0 bridgehead atoms. The Morgan fingerprint density at radius 1 is 0.854 bits per heavy atom. The molecule has 1 aliphatic rings. The fourth-order valence-electron chi connectivity index (χ4n) is 5.32. The van der Waals surface area contributed by atoms with Gasteiger partial charge in [-0.2, -0.15) is 0 Å². The minimum absolute atomic E-state index is 0.0538. The third-order valence-electron chi connectivity index (χ3n) is 7.37. The molecule has 0 fully saturated rings. The van der Waals surface area contributed by atoms with E-state index in [-0.39, 0.29) is 17.8 Å². The van der Waals surface area contributed by atoms with Gasteiger partial charge in [-0.3, -0.25) is 9.59 Å². The van der Waals surface area contributed by atoms with Gasteiger partial charge in [0.1, 0.15) is 23.3 Å². The number of hydrogen-bond acceptors (Lipinski definition) is 7. The van der Waals surface area contributed by atoms with E-state index in [1.54, 1.807) is 26.4 Å². The maximum absolute atomic E-state index is 13.6. The fourth-order valence-corrected chi connectivity index (χ4v) is 5.32. The van der Waals surface area contributed by atoms with Crippen LogP contribution >= 0.6 is 0 Å². The molecule has 0 N–H and O–H groups in total. The van der Waals surface area contributed by atoms with Crippen molar-refractivity contribution >= 4 is 16.9 Å². The summed E-state index contributed by atoms with van der Waals surface area (Å²) in [5, 5.41) is 0.415. The van der Waals surface area contributed by atoms with Gasteiger partial charge in [0.25, 0.3) is 0 Å². The number of ether oxygens (including phenoxy) is 4. The van der Waals surface area contributed by atoms with Crippen molar-refractivity contribution in [3.8, 4) is 34.1 Å². The maximum atomic E-state index is 13.6. The van der Waals surface area contributed by atoms with Crippen LogP contribution in [0.3, 0.4) is 0 Å². The Hall–Kier alpha value is -5.04. The maximum Gasteiger partial charge on any atom is 0.312 e. The zero-order valence-corrected chi connectivity index (χ0v) is 22.7. The normalized spacial score (nSPS) is 14.3. The molecule has 0 aliphatic carbocycles. The number of esters is 1. The largest absolute Gasteiger partial charge is 0.497 e. The molecule has 7 heteroatoms. The average molecular weight is 549 g/mol. The van der Waals surface area contributed by atoms with E-state index in [4.69, 9.17) is 23.4 Å². The summed E-state index contributed by atoms with van der Waals surface area (Å²) < 4.78 is 29.0. The van der Waals surface area contributed by atoms with Crippen LogP contribution < -0.4 is 24.4 Å². The highest BCUT2D eigenvalue weighted by molar-refractivity contribution is 5.90. The molecule has 0 saturated carbocycles. The van der Waals surface area contributed by atoms with Crippen molar-refractivity contribution in [3.05, 3.63) is 118 Å². The van der Waals surface area contributed by atoms with Gasteiger partial charge in [0.05, 0.1) is 38.2 Å². The molecule has 7 nitrogen and oxygen atoms in total. The van der Waals surface area contributed by atoms with E-state index in [2.05, 4.69) is 0 Å². The number of hydrogen-bond donors (Lipinski definition) is 0. The lowest BCUT2D eigenvalue weighted by Crippen LogP contribution is -2.22. The van der Waals surface area contributed by atoms with E-state index in [0.717, 1.165) is 22.4 Å². The molecule has 1 aromatic heterocycles. The van der Waals surface area contributed by atoms with E-state index in [9.17, 15) is 9.59 Å². The Morgan fingerprint density at radius 3 is 2.41 bits per heavy atom. The van der Waals surface area contributed by atoms with Crippen LogP contribution in [-0.4, -0.2) is 26.8 Å². The number of carbonyl (C=O) groups is 1.